The largest absolute Gasteiger partial charge is 0.339 e. The quantitative estimate of drug-likeness (QED) is 0.0269. The minimum Gasteiger partial charge on any atom is -0.309 e. The van der Waals surface area contributed by atoms with Crippen LogP contribution in [-0.2, 0) is 184 Å². The van der Waals surface area contributed by atoms with Crippen LogP contribution in [0, 0.1) is 94.2 Å². The van der Waals surface area contributed by atoms with E-state index in [9.17, 15) is 13.2 Å². The van der Waals surface area contributed by atoms with Gasteiger partial charge in [0.25, 0.3) is 0 Å². The maximum Gasteiger partial charge on any atom is 0.339 e. The van der Waals surface area contributed by atoms with Crippen LogP contribution in [-0.4, -0.2) is 28.8 Å². The molecule has 1 heterocycles. The first-order valence-corrected chi connectivity index (χ1v) is 20.3. The molecule has 4 N–H and O–H groups in total. The van der Waals surface area contributed by atoms with Gasteiger partial charge in [-0.3, -0.25) is 4.72 Å². The molecule has 0 bridgehead atoms. The molecule has 3 rings (SSSR count). The average Bonchev–Trinajstić information content (AvgIpc) is 3.81. The van der Waals surface area contributed by atoms with E-state index in [2.05, 4.69) is 265 Å². The van der Waals surface area contributed by atoms with Gasteiger partial charge in [-0.15, -0.1) is 5.10 Å². The number of nitrogens with one attached hydrogen (secondary N) is 3. The SMILES string of the molecule is CCn1c(=NNC(=O)Nc2cc(NS(=O)(=O)C#CC#CC#CC#CC#CC#CC#CC#COOOOOOOOOOOOOOOOOOOOOOOOOOOOOOOOO)ccc2Cl)n(CC)c2ccccc21. The number of imidazole rings is 1. The van der Waals surface area contributed by atoms with Gasteiger partial charge in [-0.25, -0.2) is 20.4 Å². The van der Waals surface area contributed by atoms with Gasteiger partial charge < -0.3 is 14.5 Å². The minimum atomic E-state index is -4.21. The van der Waals surface area contributed by atoms with Crippen molar-refractivity contribution in [2.45, 2.75) is 26.9 Å². The lowest BCUT2D eigenvalue weighted by molar-refractivity contribution is -0.906. The summed E-state index contributed by atoms with van der Waals surface area (Å²) in [6.07, 6.45) is 1.87. The van der Waals surface area contributed by atoms with Crippen LogP contribution in [0.25, 0.3) is 11.0 Å². The van der Waals surface area contributed by atoms with Crippen LogP contribution in [0.4, 0.5) is 16.2 Å². The molecule has 0 aliphatic rings. The summed E-state index contributed by atoms with van der Waals surface area (Å²) < 4.78 is 31.2. The number of hydrogen-bond donors (Lipinski definition) is 4. The van der Waals surface area contributed by atoms with E-state index >= 15 is 0 Å². The first-order valence-electron chi connectivity index (χ1n) is 18.4. The number of aryl methyl sites for hydroxylation is 2. The first-order chi connectivity index (χ1) is 38.3. The van der Waals surface area contributed by atoms with Gasteiger partial charge in [-0.05, 0) is 108 Å². The number of anilines is 2. The Morgan fingerprint density at radius 1 is 0.526 bits per heavy atom. The number of carbonyl (C=O) groups excluding carboxylic acids is 1. The van der Waals surface area contributed by atoms with E-state index in [0.717, 1.165) is 11.0 Å². The van der Waals surface area contributed by atoms with E-state index in [-0.39, 0.29) is 16.4 Å². The molecule has 78 heavy (non-hydrogen) atoms. The van der Waals surface area contributed by atoms with Crippen LogP contribution < -0.4 is 21.1 Å². The summed E-state index contributed by atoms with van der Waals surface area (Å²) in [4.78, 5) is 16.9. The second kappa shape index (κ2) is 43.2. The van der Waals surface area contributed by atoms with Crippen molar-refractivity contribution in [2.24, 2.45) is 5.10 Å². The van der Waals surface area contributed by atoms with Crippen molar-refractivity contribution in [3.63, 3.8) is 0 Å². The van der Waals surface area contributed by atoms with Crippen LogP contribution in [0.5, 0.6) is 0 Å². The van der Waals surface area contributed by atoms with E-state index in [1.54, 1.807) is 0 Å². The van der Waals surface area contributed by atoms with Crippen LogP contribution in [0.3, 0.4) is 0 Å². The van der Waals surface area contributed by atoms with Crippen LogP contribution in [0.2, 0.25) is 5.02 Å². The van der Waals surface area contributed by atoms with Gasteiger partial charge in [0.2, 0.25) is 5.62 Å². The van der Waals surface area contributed by atoms with Crippen molar-refractivity contribution in [1.29, 1.82) is 0 Å². The van der Waals surface area contributed by atoms with Gasteiger partial charge in [0.15, 0.2) is 6.11 Å². The summed E-state index contributed by atoms with van der Waals surface area (Å²) in [6.45, 7) is 5.12. The molecule has 2 aromatic carbocycles. The highest BCUT2D eigenvalue weighted by Crippen LogP contribution is 2.26. The number of hydrogen-bond acceptors (Lipinski definition) is 37. The Balaban J connectivity index is 1.14. The molecule has 2 amide bonds. The number of halogens is 1. The second-order valence-electron chi connectivity index (χ2n) is 10.4. The van der Waals surface area contributed by atoms with E-state index in [0.29, 0.717) is 18.7 Å². The smallest absolute Gasteiger partial charge is 0.309 e. The Bertz CT molecular complexity index is 2970. The summed E-state index contributed by atoms with van der Waals surface area (Å²) in [6, 6.07) is 11.1. The Labute approximate surface area is 433 Å². The van der Waals surface area contributed by atoms with Crippen molar-refractivity contribution in [2.75, 3.05) is 10.0 Å². The van der Waals surface area contributed by atoms with Crippen molar-refractivity contribution in [3.05, 3.63) is 53.1 Å². The average molecular weight is 1160 g/mol. The third kappa shape index (κ3) is 30.5. The molecule has 0 saturated heterocycles. The number of urea groups is 1. The van der Waals surface area contributed by atoms with Crippen molar-refractivity contribution < 1.29 is 180 Å². The predicted octanol–water partition coefficient (Wildman–Crippen LogP) is 0.827. The molecule has 0 aliphatic heterocycles. The molecule has 44 heteroatoms. The molecule has 416 valence electrons. The van der Waals surface area contributed by atoms with Gasteiger partial charge in [0.05, 0.1) is 32.7 Å². The number of nitrogens with zero attached hydrogens (tertiary/aromatic N) is 3. The number of benzene rings is 2. The van der Waals surface area contributed by atoms with Crippen LogP contribution >= 0.6 is 11.6 Å². The Hall–Kier alpha value is -7.98. The molecule has 0 aliphatic carbocycles. The molecule has 0 radical (unpaired) electrons. The standard InChI is InChI=1S/C34H21ClN6O36S/c1-3-40-31-21-17-18-22-32(31)41(4-2)34(40)38-37-33(42)36-30-27-28(23-24-29(30)35)39-78(44,45)26-20-16-14-12-10-8-6-5-7-9-11-13-15-19-25-46-48-50-52-54-56-58-60-62-64-66-68-70-72-74-76-77-75-73-71-69-67-65-63-61-59-57-55-53-51-49-47-43/h17-18,21-24,27,39,43H,3-4H2,1-2H3,(H2,36,37,42). The summed E-state index contributed by atoms with van der Waals surface area (Å²) in [5.41, 5.74) is 5.02. The van der Waals surface area contributed by atoms with Gasteiger partial charge in [-0.2, -0.15) is 8.42 Å². The summed E-state index contributed by atoms with van der Waals surface area (Å²) in [5, 5.41) is 126. The van der Waals surface area contributed by atoms with Crippen molar-refractivity contribution >= 4 is 50.1 Å². The molecule has 1 aromatic heterocycles. The summed E-state index contributed by atoms with van der Waals surface area (Å²) >= 11 is 6.25. The number of carbonyl (C=O) groups is 1. The Morgan fingerprint density at radius 3 is 1.27 bits per heavy atom. The lowest BCUT2D eigenvalue weighted by Gasteiger charge is -2.10. The molecule has 0 fully saturated rings. The third-order valence-corrected chi connectivity index (χ3v) is 7.47. The summed E-state index contributed by atoms with van der Waals surface area (Å²) in [5.74, 6) is 32.2. The molecule has 42 nitrogen and oxygen atoms in total. The summed E-state index contributed by atoms with van der Waals surface area (Å²) in [7, 11) is -4.21. The third-order valence-electron chi connectivity index (χ3n) is 6.26. The number of rotatable bonds is 37. The number of sulfonamides is 1. The van der Waals surface area contributed by atoms with Gasteiger partial charge in [-0.1, -0.05) is 23.7 Å². The highest BCUT2D eigenvalue weighted by Gasteiger charge is 2.13. The highest BCUT2D eigenvalue weighted by atomic mass is 35.5. The van der Waals surface area contributed by atoms with E-state index in [1.165, 1.54) is 18.2 Å². The Kier molecular flexibility index (Phi) is 35.6. The fourth-order valence-corrected chi connectivity index (χ4v) is 4.86. The first kappa shape index (κ1) is 64.3. The van der Waals surface area contributed by atoms with E-state index in [4.69, 9.17) is 16.9 Å². The molecule has 0 atom stereocenters. The van der Waals surface area contributed by atoms with E-state index < -0.39 is 16.1 Å². The zero-order valence-electron chi connectivity index (χ0n) is 37.3. The Morgan fingerprint density at radius 2 is 0.885 bits per heavy atom. The molecule has 0 saturated carbocycles. The van der Waals surface area contributed by atoms with Crippen LogP contribution in [0.15, 0.2) is 47.6 Å². The normalized spacial score (nSPS) is 10.1. The zero-order valence-corrected chi connectivity index (χ0v) is 38.9. The molecule has 0 spiro atoms. The number of amides is 2. The second-order valence-corrected chi connectivity index (χ2v) is 12.2. The van der Waals surface area contributed by atoms with Crippen LogP contribution in [0.1, 0.15) is 13.8 Å². The molecule has 3 aromatic rings. The molecular formula is C34H21ClN6O36S. The predicted molar refractivity (Wildman–Crippen MR) is 213 cm³/mol. The maximum absolute atomic E-state index is 12.8. The fraction of sp³-hybridized carbons (Fsp3) is 0.118. The topological polar surface area (TPSA) is 425 Å². The fourth-order valence-electron chi connectivity index (χ4n) is 4.02. The number of aromatic nitrogens is 2. The zero-order chi connectivity index (χ0) is 55.8. The van der Waals surface area contributed by atoms with Gasteiger partial charge in [0.1, 0.15) is 0 Å². The number of fused-ring (bicyclic) bond motifs is 1. The number of para-hydroxylation sites is 2. The van der Waals surface area contributed by atoms with Crippen molar-refractivity contribution in [1.82, 2.24) is 14.6 Å². The van der Waals surface area contributed by atoms with Gasteiger partial charge in [0, 0.05) is 188 Å². The molecule has 0 unspecified atom stereocenters. The monoisotopic (exact) mass is 1160 g/mol. The lowest BCUT2D eigenvalue weighted by Crippen LogP contribution is -2.32. The minimum absolute atomic E-state index is 0.0486. The highest BCUT2D eigenvalue weighted by molar-refractivity contribution is 7.97. The van der Waals surface area contributed by atoms with E-state index in [1.807, 2.05) is 58.6 Å². The van der Waals surface area contributed by atoms with Crippen molar-refractivity contribution in [3.8, 4) is 94.2 Å². The lowest BCUT2D eigenvalue weighted by atomic mass is 10.3. The van der Waals surface area contributed by atoms with Gasteiger partial charge >= 0.3 is 16.1 Å². The molecular weight excluding hydrogens is 1140 g/mol. The maximum atomic E-state index is 12.8.